The van der Waals surface area contributed by atoms with Gasteiger partial charge in [-0.1, -0.05) is 6.07 Å². The van der Waals surface area contributed by atoms with Crippen molar-refractivity contribution in [2.45, 2.75) is 13.8 Å². The van der Waals surface area contributed by atoms with Gasteiger partial charge in [0, 0.05) is 16.6 Å². The predicted molar refractivity (Wildman–Crippen MR) is 87.1 cm³/mol. The lowest BCUT2D eigenvalue weighted by Crippen LogP contribution is -2.12. The second-order valence-corrected chi connectivity index (χ2v) is 6.34. The standard InChI is InChI=1S/C15H13N3OS2/c1-9-4-3-5-12(16-9)18-14(19)13-10(2)17-15(21-13)11-6-7-20-8-11/h3-8H,1-2H3,(H,16,18,19). The summed E-state index contributed by atoms with van der Waals surface area (Å²) in [5.74, 6) is 0.398. The van der Waals surface area contributed by atoms with Crippen LogP contribution in [0, 0.1) is 13.8 Å². The monoisotopic (exact) mass is 315 g/mol. The minimum atomic E-state index is -0.162. The van der Waals surface area contributed by atoms with Crippen LogP contribution in [0.25, 0.3) is 10.6 Å². The van der Waals surface area contributed by atoms with Crippen molar-refractivity contribution >= 4 is 34.4 Å². The number of nitrogens with one attached hydrogen (secondary N) is 1. The first-order valence-electron chi connectivity index (χ1n) is 6.38. The van der Waals surface area contributed by atoms with Gasteiger partial charge in [-0.3, -0.25) is 4.79 Å². The minimum absolute atomic E-state index is 0.162. The van der Waals surface area contributed by atoms with Gasteiger partial charge in [0.1, 0.15) is 15.7 Å². The molecule has 3 aromatic rings. The van der Waals surface area contributed by atoms with E-state index in [1.165, 1.54) is 11.3 Å². The fourth-order valence-corrected chi connectivity index (χ4v) is 3.58. The highest BCUT2D eigenvalue weighted by atomic mass is 32.1. The van der Waals surface area contributed by atoms with Crippen LogP contribution in [-0.2, 0) is 0 Å². The second-order valence-electron chi connectivity index (χ2n) is 4.56. The lowest BCUT2D eigenvalue weighted by atomic mass is 10.3. The van der Waals surface area contributed by atoms with E-state index in [1.807, 2.05) is 42.8 Å². The number of thiophene rings is 1. The Labute approximate surface area is 130 Å². The number of carbonyl (C=O) groups is 1. The maximum absolute atomic E-state index is 12.4. The number of anilines is 1. The molecule has 3 heterocycles. The lowest BCUT2D eigenvalue weighted by molar-refractivity contribution is 0.102. The zero-order chi connectivity index (χ0) is 14.8. The molecule has 0 aromatic carbocycles. The second kappa shape index (κ2) is 5.75. The number of thiazole rings is 1. The molecule has 1 N–H and O–H groups in total. The first kappa shape index (κ1) is 13.9. The number of amides is 1. The number of hydrogen-bond donors (Lipinski definition) is 1. The Morgan fingerprint density at radius 2 is 2.05 bits per heavy atom. The quantitative estimate of drug-likeness (QED) is 0.790. The Bertz CT molecular complexity index is 778. The Morgan fingerprint density at radius 1 is 1.19 bits per heavy atom. The summed E-state index contributed by atoms with van der Waals surface area (Å²) in [5, 5.41) is 7.73. The van der Waals surface area contributed by atoms with E-state index in [4.69, 9.17) is 0 Å². The van der Waals surface area contributed by atoms with Gasteiger partial charge in [0.05, 0.1) is 5.69 Å². The maximum atomic E-state index is 12.4. The van der Waals surface area contributed by atoms with E-state index in [0.717, 1.165) is 22.0 Å². The Kier molecular flexibility index (Phi) is 3.81. The Balaban J connectivity index is 1.85. The van der Waals surface area contributed by atoms with Crippen molar-refractivity contribution in [3.8, 4) is 10.6 Å². The summed E-state index contributed by atoms with van der Waals surface area (Å²) >= 11 is 3.02. The molecular formula is C15H13N3OS2. The highest BCUT2D eigenvalue weighted by Gasteiger charge is 2.16. The molecule has 21 heavy (non-hydrogen) atoms. The molecule has 3 aromatic heterocycles. The number of pyridine rings is 1. The van der Waals surface area contributed by atoms with Crippen LogP contribution in [0.15, 0.2) is 35.0 Å². The fraction of sp³-hybridized carbons (Fsp3) is 0.133. The van der Waals surface area contributed by atoms with Gasteiger partial charge < -0.3 is 5.32 Å². The van der Waals surface area contributed by atoms with E-state index in [9.17, 15) is 4.79 Å². The van der Waals surface area contributed by atoms with E-state index in [2.05, 4.69) is 15.3 Å². The maximum Gasteiger partial charge on any atom is 0.268 e. The zero-order valence-corrected chi connectivity index (χ0v) is 13.2. The van der Waals surface area contributed by atoms with E-state index >= 15 is 0 Å². The third kappa shape index (κ3) is 3.01. The number of hydrogen-bond acceptors (Lipinski definition) is 5. The molecule has 4 nitrogen and oxygen atoms in total. The van der Waals surface area contributed by atoms with Crippen LogP contribution >= 0.6 is 22.7 Å². The molecule has 0 atom stereocenters. The molecule has 3 rings (SSSR count). The van der Waals surface area contributed by atoms with Crippen molar-refractivity contribution in [3.05, 3.63) is 51.3 Å². The van der Waals surface area contributed by atoms with Gasteiger partial charge in [0.25, 0.3) is 5.91 Å². The van der Waals surface area contributed by atoms with E-state index in [1.54, 1.807) is 17.4 Å². The first-order valence-corrected chi connectivity index (χ1v) is 8.14. The Morgan fingerprint density at radius 3 is 2.76 bits per heavy atom. The van der Waals surface area contributed by atoms with Crippen LogP contribution in [0.1, 0.15) is 21.1 Å². The smallest absolute Gasteiger partial charge is 0.268 e. The van der Waals surface area contributed by atoms with Gasteiger partial charge in [0.15, 0.2) is 0 Å². The normalized spacial score (nSPS) is 10.6. The van der Waals surface area contributed by atoms with Crippen molar-refractivity contribution in [1.82, 2.24) is 9.97 Å². The number of aromatic nitrogens is 2. The molecule has 0 aliphatic heterocycles. The largest absolute Gasteiger partial charge is 0.306 e. The molecule has 0 bridgehead atoms. The van der Waals surface area contributed by atoms with E-state index in [0.29, 0.717) is 10.7 Å². The first-order chi connectivity index (χ1) is 10.1. The SMILES string of the molecule is Cc1cccc(NC(=O)c2sc(-c3ccsc3)nc2C)n1. The molecule has 0 saturated heterocycles. The van der Waals surface area contributed by atoms with Crippen LogP contribution in [0.5, 0.6) is 0 Å². The van der Waals surface area contributed by atoms with Crippen LogP contribution in [-0.4, -0.2) is 15.9 Å². The summed E-state index contributed by atoms with van der Waals surface area (Å²) in [6.45, 7) is 3.74. The van der Waals surface area contributed by atoms with Crippen LogP contribution in [0.2, 0.25) is 0 Å². The average molecular weight is 315 g/mol. The van der Waals surface area contributed by atoms with Gasteiger partial charge in [-0.05, 0) is 37.4 Å². The number of rotatable bonds is 3. The summed E-state index contributed by atoms with van der Waals surface area (Å²) in [7, 11) is 0. The summed E-state index contributed by atoms with van der Waals surface area (Å²) in [6.07, 6.45) is 0. The van der Waals surface area contributed by atoms with Gasteiger partial charge in [-0.2, -0.15) is 11.3 Å². The summed E-state index contributed by atoms with van der Waals surface area (Å²) < 4.78 is 0. The lowest BCUT2D eigenvalue weighted by Gasteiger charge is -2.03. The molecule has 0 unspecified atom stereocenters. The van der Waals surface area contributed by atoms with Gasteiger partial charge >= 0.3 is 0 Å². The molecule has 0 spiro atoms. The van der Waals surface area contributed by atoms with E-state index < -0.39 is 0 Å². The van der Waals surface area contributed by atoms with E-state index in [-0.39, 0.29) is 5.91 Å². The number of aryl methyl sites for hydroxylation is 2. The fourth-order valence-electron chi connectivity index (χ4n) is 1.90. The van der Waals surface area contributed by atoms with Gasteiger partial charge in [-0.15, -0.1) is 11.3 Å². The zero-order valence-electron chi connectivity index (χ0n) is 11.6. The number of nitrogens with zero attached hydrogens (tertiary/aromatic N) is 2. The summed E-state index contributed by atoms with van der Waals surface area (Å²) in [5.41, 5.74) is 2.67. The molecule has 0 fully saturated rings. The molecule has 1 amide bonds. The van der Waals surface area contributed by atoms with Crippen LogP contribution < -0.4 is 5.32 Å². The van der Waals surface area contributed by atoms with Crippen LogP contribution in [0.3, 0.4) is 0 Å². The minimum Gasteiger partial charge on any atom is -0.306 e. The Hall–Kier alpha value is -2.05. The molecule has 0 aliphatic rings. The van der Waals surface area contributed by atoms with Gasteiger partial charge in [0.2, 0.25) is 0 Å². The van der Waals surface area contributed by atoms with Gasteiger partial charge in [-0.25, -0.2) is 9.97 Å². The predicted octanol–water partition coefficient (Wildman–Crippen LogP) is 4.14. The van der Waals surface area contributed by atoms with Crippen molar-refractivity contribution in [1.29, 1.82) is 0 Å². The third-order valence-electron chi connectivity index (χ3n) is 2.90. The highest BCUT2D eigenvalue weighted by molar-refractivity contribution is 7.17. The molecule has 0 radical (unpaired) electrons. The molecule has 0 aliphatic carbocycles. The van der Waals surface area contributed by atoms with Crippen LogP contribution in [0.4, 0.5) is 5.82 Å². The molecule has 106 valence electrons. The third-order valence-corrected chi connectivity index (χ3v) is 4.79. The average Bonchev–Trinajstić information content (AvgIpc) is 3.07. The summed E-state index contributed by atoms with van der Waals surface area (Å²) in [4.78, 5) is 21.7. The number of carbonyl (C=O) groups excluding carboxylic acids is 1. The van der Waals surface area contributed by atoms with Crippen molar-refractivity contribution in [2.24, 2.45) is 0 Å². The summed E-state index contributed by atoms with van der Waals surface area (Å²) in [6, 6.07) is 7.55. The molecule has 0 saturated carbocycles. The van der Waals surface area contributed by atoms with Crippen molar-refractivity contribution < 1.29 is 4.79 Å². The molecule has 6 heteroatoms. The molecular weight excluding hydrogens is 302 g/mol. The highest BCUT2D eigenvalue weighted by Crippen LogP contribution is 2.29. The van der Waals surface area contributed by atoms with Crippen molar-refractivity contribution in [2.75, 3.05) is 5.32 Å². The van der Waals surface area contributed by atoms with Crippen molar-refractivity contribution in [3.63, 3.8) is 0 Å². The topological polar surface area (TPSA) is 54.9 Å².